The van der Waals surface area contributed by atoms with Crippen molar-refractivity contribution >= 4 is 28.4 Å². The van der Waals surface area contributed by atoms with Gasteiger partial charge < -0.3 is 5.32 Å². The minimum absolute atomic E-state index is 0.0226. The van der Waals surface area contributed by atoms with Crippen LogP contribution in [0, 0.1) is 12.7 Å². The predicted molar refractivity (Wildman–Crippen MR) is 120 cm³/mol. The molecule has 1 aliphatic rings. The molecule has 1 aromatic heterocycles. The number of amides is 1. The molecule has 0 radical (unpaired) electrons. The van der Waals surface area contributed by atoms with Crippen LogP contribution in [0.4, 0.5) is 10.1 Å². The second-order valence-electron chi connectivity index (χ2n) is 8.30. The summed E-state index contributed by atoms with van der Waals surface area (Å²) in [6.07, 6.45) is -0.0226. The van der Waals surface area contributed by atoms with Gasteiger partial charge in [0.05, 0.1) is 16.6 Å². The normalized spacial score (nSPS) is 17.3. The number of halogens is 1. The lowest BCUT2D eigenvalue weighted by atomic mass is 9.73. The number of hydrogen-bond acceptors (Lipinski definition) is 2. The second-order valence-corrected chi connectivity index (χ2v) is 8.30. The molecule has 154 valence electrons. The van der Waals surface area contributed by atoms with Crippen LogP contribution < -0.4 is 5.32 Å². The highest BCUT2D eigenvalue weighted by Crippen LogP contribution is 2.44. The Hall–Kier alpha value is -3.73. The number of para-hydroxylation sites is 1. The minimum Gasteiger partial charge on any atom is -0.326 e. The summed E-state index contributed by atoms with van der Waals surface area (Å²) in [4.78, 5) is 26.8. The summed E-state index contributed by atoms with van der Waals surface area (Å²) < 4.78 is 15.3. The van der Waals surface area contributed by atoms with Crippen molar-refractivity contribution in [1.82, 2.24) is 4.57 Å². The quantitative estimate of drug-likeness (QED) is 0.470. The zero-order chi connectivity index (χ0) is 21.8. The van der Waals surface area contributed by atoms with Crippen molar-refractivity contribution in [2.75, 3.05) is 5.32 Å². The zero-order valence-electron chi connectivity index (χ0n) is 17.3. The van der Waals surface area contributed by atoms with Gasteiger partial charge in [-0.15, -0.1) is 0 Å². The number of aryl methyl sites for hydroxylation is 1. The fourth-order valence-electron chi connectivity index (χ4n) is 4.54. The Morgan fingerprint density at radius 2 is 1.77 bits per heavy atom. The molecule has 0 spiro atoms. The number of anilines is 1. The molecule has 4 nitrogen and oxygen atoms in total. The zero-order valence-corrected chi connectivity index (χ0v) is 17.3. The van der Waals surface area contributed by atoms with E-state index in [-0.39, 0.29) is 24.1 Å². The van der Waals surface area contributed by atoms with E-state index in [4.69, 9.17) is 0 Å². The Kier molecular flexibility index (Phi) is 4.29. The molecule has 3 aromatic carbocycles. The van der Waals surface area contributed by atoms with Crippen molar-refractivity contribution in [2.45, 2.75) is 25.7 Å². The SMILES string of the molecule is Cc1cc(NC(=O)CC2(C)C(=O)n3c(cc4ccccc43)-c3ccccc32)ccc1F. The monoisotopic (exact) mass is 412 g/mol. The number of benzene rings is 3. The van der Waals surface area contributed by atoms with Crippen molar-refractivity contribution < 1.29 is 14.0 Å². The van der Waals surface area contributed by atoms with E-state index >= 15 is 0 Å². The highest BCUT2D eigenvalue weighted by Gasteiger charge is 2.44. The van der Waals surface area contributed by atoms with Crippen LogP contribution in [0.1, 0.15) is 29.3 Å². The van der Waals surface area contributed by atoms with Gasteiger partial charge in [0.1, 0.15) is 5.82 Å². The Morgan fingerprint density at radius 3 is 2.58 bits per heavy atom. The van der Waals surface area contributed by atoms with Crippen molar-refractivity contribution in [3.05, 3.63) is 89.7 Å². The molecule has 0 aliphatic carbocycles. The second kappa shape index (κ2) is 6.91. The molecule has 1 unspecified atom stereocenters. The molecular weight excluding hydrogens is 391 g/mol. The maximum absolute atomic E-state index is 13.8. The van der Waals surface area contributed by atoms with Gasteiger partial charge in [-0.3, -0.25) is 14.2 Å². The predicted octanol–water partition coefficient (Wildman–Crippen LogP) is 5.70. The van der Waals surface area contributed by atoms with Gasteiger partial charge in [0.15, 0.2) is 0 Å². The van der Waals surface area contributed by atoms with Crippen molar-refractivity contribution in [3.63, 3.8) is 0 Å². The number of fused-ring (bicyclic) bond motifs is 5. The van der Waals surface area contributed by atoms with Crippen molar-refractivity contribution in [3.8, 4) is 11.3 Å². The van der Waals surface area contributed by atoms with E-state index in [0.717, 1.165) is 27.7 Å². The molecule has 1 N–H and O–H groups in total. The van der Waals surface area contributed by atoms with E-state index in [9.17, 15) is 14.0 Å². The smallest absolute Gasteiger partial charge is 0.242 e. The van der Waals surface area contributed by atoms with Crippen LogP contribution in [0.5, 0.6) is 0 Å². The first kappa shape index (κ1) is 19.2. The Bertz CT molecular complexity index is 1370. The summed E-state index contributed by atoms with van der Waals surface area (Å²) in [5, 5.41) is 3.80. The van der Waals surface area contributed by atoms with Crippen LogP contribution in [0.3, 0.4) is 0 Å². The first-order chi connectivity index (χ1) is 14.9. The summed E-state index contributed by atoms with van der Waals surface area (Å²) in [6.45, 7) is 3.47. The number of hydrogen-bond donors (Lipinski definition) is 1. The number of rotatable bonds is 3. The first-order valence-corrected chi connectivity index (χ1v) is 10.2. The van der Waals surface area contributed by atoms with Crippen LogP contribution >= 0.6 is 0 Å². The third kappa shape index (κ3) is 2.96. The van der Waals surface area contributed by atoms with Gasteiger partial charge in [-0.1, -0.05) is 42.5 Å². The van der Waals surface area contributed by atoms with Crippen LogP contribution in [-0.4, -0.2) is 16.4 Å². The average molecular weight is 412 g/mol. The molecule has 2 heterocycles. The van der Waals surface area contributed by atoms with Crippen molar-refractivity contribution in [2.24, 2.45) is 0 Å². The fraction of sp³-hybridized carbons (Fsp3) is 0.154. The summed E-state index contributed by atoms with van der Waals surface area (Å²) in [6, 6.07) is 22.0. The number of carbonyl (C=O) groups is 2. The molecule has 1 atom stereocenters. The molecule has 5 rings (SSSR count). The van der Waals surface area contributed by atoms with Crippen LogP contribution in [0.15, 0.2) is 72.8 Å². The number of nitrogens with zero attached hydrogens (tertiary/aromatic N) is 1. The van der Waals surface area contributed by atoms with Crippen LogP contribution in [0.25, 0.3) is 22.2 Å². The molecule has 1 amide bonds. The average Bonchev–Trinajstić information content (AvgIpc) is 3.15. The lowest BCUT2D eigenvalue weighted by Gasteiger charge is -2.35. The van der Waals surface area contributed by atoms with E-state index in [0.29, 0.717) is 11.3 Å². The summed E-state index contributed by atoms with van der Waals surface area (Å²) in [5.41, 5.74) is 3.38. The molecule has 0 saturated carbocycles. The molecule has 0 fully saturated rings. The molecular formula is C26H21FN2O2. The lowest BCUT2D eigenvalue weighted by molar-refractivity contribution is -0.117. The molecule has 0 bridgehead atoms. The van der Waals surface area contributed by atoms with E-state index in [1.807, 2.05) is 61.5 Å². The number of aromatic nitrogens is 1. The van der Waals surface area contributed by atoms with E-state index in [1.54, 1.807) is 17.6 Å². The third-order valence-corrected chi connectivity index (χ3v) is 6.14. The highest BCUT2D eigenvalue weighted by molar-refractivity contribution is 6.09. The van der Waals surface area contributed by atoms with Crippen molar-refractivity contribution in [1.29, 1.82) is 0 Å². The highest BCUT2D eigenvalue weighted by atomic mass is 19.1. The summed E-state index contributed by atoms with van der Waals surface area (Å²) in [5.74, 6) is -0.752. The lowest BCUT2D eigenvalue weighted by Crippen LogP contribution is -2.43. The molecule has 0 saturated heterocycles. The van der Waals surface area contributed by atoms with Gasteiger partial charge in [-0.05, 0) is 55.3 Å². The topological polar surface area (TPSA) is 51.1 Å². The Balaban J connectivity index is 1.57. The number of nitrogens with one attached hydrogen (secondary N) is 1. The third-order valence-electron chi connectivity index (χ3n) is 6.14. The summed E-state index contributed by atoms with van der Waals surface area (Å²) >= 11 is 0. The van der Waals surface area contributed by atoms with Gasteiger partial charge in [-0.2, -0.15) is 0 Å². The van der Waals surface area contributed by atoms with Crippen LogP contribution in [0.2, 0.25) is 0 Å². The minimum atomic E-state index is -1.04. The first-order valence-electron chi connectivity index (χ1n) is 10.2. The maximum atomic E-state index is 13.8. The Morgan fingerprint density at radius 1 is 1.03 bits per heavy atom. The van der Waals surface area contributed by atoms with Gasteiger partial charge in [0, 0.05) is 23.1 Å². The van der Waals surface area contributed by atoms with Gasteiger partial charge in [0.25, 0.3) is 0 Å². The molecule has 4 aromatic rings. The Labute approximate surface area is 179 Å². The van der Waals surface area contributed by atoms with E-state index < -0.39 is 5.41 Å². The van der Waals surface area contributed by atoms with Gasteiger partial charge in [0.2, 0.25) is 11.8 Å². The summed E-state index contributed by atoms with van der Waals surface area (Å²) in [7, 11) is 0. The largest absolute Gasteiger partial charge is 0.326 e. The van der Waals surface area contributed by atoms with Gasteiger partial charge in [-0.25, -0.2) is 4.39 Å². The fourth-order valence-corrected chi connectivity index (χ4v) is 4.54. The standard InChI is InChI=1S/C26H21FN2O2/c1-16-13-18(11-12-21(16)27)28-24(30)15-26(2)20-9-5-4-8-19(20)23-14-17-7-3-6-10-22(17)29(23)25(26)31/h3-14H,15H2,1-2H3,(H,28,30). The van der Waals surface area contributed by atoms with E-state index in [1.165, 1.54) is 12.1 Å². The maximum Gasteiger partial charge on any atom is 0.242 e. The van der Waals surface area contributed by atoms with Crippen LogP contribution in [-0.2, 0) is 10.2 Å². The molecule has 5 heteroatoms. The van der Waals surface area contributed by atoms with E-state index in [2.05, 4.69) is 5.32 Å². The molecule has 1 aliphatic heterocycles. The van der Waals surface area contributed by atoms with Gasteiger partial charge >= 0.3 is 0 Å². The molecule has 31 heavy (non-hydrogen) atoms. The number of carbonyl (C=O) groups excluding carboxylic acids is 2.